The van der Waals surface area contributed by atoms with Crippen molar-refractivity contribution >= 4 is 5.78 Å². The molecule has 1 aliphatic heterocycles. The summed E-state index contributed by atoms with van der Waals surface area (Å²) in [6.07, 6.45) is 5.05. The van der Waals surface area contributed by atoms with Crippen LogP contribution in [0.4, 0.5) is 0 Å². The lowest BCUT2D eigenvalue weighted by Gasteiger charge is -2.19. The van der Waals surface area contributed by atoms with Crippen molar-refractivity contribution in [1.29, 1.82) is 0 Å². The summed E-state index contributed by atoms with van der Waals surface area (Å²) < 4.78 is 5.55. The van der Waals surface area contributed by atoms with E-state index in [1.807, 2.05) is 0 Å². The molecule has 0 bridgehead atoms. The molecule has 1 aromatic rings. The second-order valence-corrected chi connectivity index (χ2v) is 4.65. The van der Waals surface area contributed by atoms with Crippen LogP contribution in [0.2, 0.25) is 0 Å². The molecule has 16 heavy (non-hydrogen) atoms. The van der Waals surface area contributed by atoms with Gasteiger partial charge in [-0.15, -0.1) is 0 Å². The first-order valence-electron chi connectivity index (χ1n) is 6.08. The quantitative estimate of drug-likeness (QED) is 0.764. The fourth-order valence-electron chi connectivity index (χ4n) is 2.55. The zero-order valence-corrected chi connectivity index (χ0v) is 9.29. The van der Waals surface area contributed by atoms with E-state index >= 15 is 0 Å². The molecule has 1 aromatic heterocycles. The van der Waals surface area contributed by atoms with Gasteiger partial charge in [-0.3, -0.25) is 4.79 Å². The first-order chi connectivity index (χ1) is 7.84. The van der Waals surface area contributed by atoms with Crippen LogP contribution in [0.3, 0.4) is 0 Å². The normalized spacial score (nSPS) is 24.4. The summed E-state index contributed by atoms with van der Waals surface area (Å²) in [7, 11) is 0. The van der Waals surface area contributed by atoms with E-state index in [0.29, 0.717) is 5.89 Å². The van der Waals surface area contributed by atoms with Crippen molar-refractivity contribution in [3.63, 3.8) is 0 Å². The zero-order valence-electron chi connectivity index (χ0n) is 9.29. The highest BCUT2D eigenvalue weighted by Gasteiger charge is 2.28. The molecule has 1 unspecified atom stereocenters. The predicted molar refractivity (Wildman–Crippen MR) is 58.5 cm³/mol. The first kappa shape index (κ1) is 10.0. The van der Waals surface area contributed by atoms with Crippen LogP contribution in [0, 0.1) is 5.92 Å². The molecule has 2 aliphatic rings. The average Bonchev–Trinajstić information content (AvgIpc) is 2.89. The van der Waals surface area contributed by atoms with Crippen molar-refractivity contribution in [2.24, 2.45) is 5.92 Å². The number of fused-ring (bicyclic) bond motifs is 1. The Balaban J connectivity index is 1.78. The third kappa shape index (κ3) is 1.67. The van der Waals surface area contributed by atoms with E-state index < -0.39 is 0 Å². The van der Waals surface area contributed by atoms with E-state index in [0.717, 1.165) is 56.6 Å². The minimum atomic E-state index is 0.0625. The van der Waals surface area contributed by atoms with Gasteiger partial charge in [0.1, 0.15) is 5.76 Å². The molecule has 0 saturated carbocycles. The summed E-state index contributed by atoms with van der Waals surface area (Å²) >= 11 is 0. The maximum absolute atomic E-state index is 12.1. The van der Waals surface area contributed by atoms with Crippen molar-refractivity contribution in [2.45, 2.75) is 32.1 Å². The first-order valence-corrected chi connectivity index (χ1v) is 6.08. The van der Waals surface area contributed by atoms with Crippen molar-refractivity contribution in [1.82, 2.24) is 10.3 Å². The molecule has 0 amide bonds. The van der Waals surface area contributed by atoms with Gasteiger partial charge in [0, 0.05) is 18.9 Å². The van der Waals surface area contributed by atoms with Crippen LogP contribution >= 0.6 is 0 Å². The number of hydrogen-bond acceptors (Lipinski definition) is 4. The van der Waals surface area contributed by atoms with Gasteiger partial charge in [0.15, 0.2) is 0 Å². The monoisotopic (exact) mass is 220 g/mol. The van der Waals surface area contributed by atoms with E-state index in [1.54, 1.807) is 0 Å². The molecule has 4 nitrogen and oxygen atoms in total. The van der Waals surface area contributed by atoms with Crippen LogP contribution in [0.5, 0.6) is 0 Å². The Kier molecular flexibility index (Phi) is 2.52. The molecule has 0 spiro atoms. The number of aryl methyl sites for hydroxylation is 2. The molecule has 86 valence electrons. The number of rotatable bonds is 2. The van der Waals surface area contributed by atoms with Gasteiger partial charge in [-0.05, 0) is 32.2 Å². The Morgan fingerprint density at radius 2 is 2.31 bits per heavy atom. The highest BCUT2D eigenvalue weighted by Crippen LogP contribution is 2.24. The molecule has 1 N–H and O–H groups in total. The Morgan fingerprint density at radius 1 is 1.38 bits per heavy atom. The highest BCUT2D eigenvalue weighted by atomic mass is 16.4. The summed E-state index contributed by atoms with van der Waals surface area (Å²) in [6.45, 7) is 1.79. The summed E-state index contributed by atoms with van der Waals surface area (Å²) in [6, 6.07) is 0. The maximum atomic E-state index is 12.1. The number of aromatic nitrogens is 1. The molecule has 0 radical (unpaired) electrons. The Hall–Kier alpha value is -1.16. The van der Waals surface area contributed by atoms with E-state index in [-0.39, 0.29) is 11.7 Å². The third-order valence-corrected chi connectivity index (χ3v) is 3.47. The number of carbonyl (C=O) groups excluding carboxylic acids is 1. The van der Waals surface area contributed by atoms with Gasteiger partial charge in [-0.25, -0.2) is 4.98 Å². The topological polar surface area (TPSA) is 55.1 Å². The molecule has 4 heteroatoms. The number of ketones is 1. The minimum absolute atomic E-state index is 0.0625. The van der Waals surface area contributed by atoms with Crippen LogP contribution in [0.15, 0.2) is 4.42 Å². The Morgan fingerprint density at radius 3 is 3.06 bits per heavy atom. The SMILES string of the molecule is O=C(c1nc2c(o1)CCC2)C1CCCNC1. The fourth-order valence-corrected chi connectivity index (χ4v) is 2.55. The van der Waals surface area contributed by atoms with E-state index in [9.17, 15) is 4.79 Å². The van der Waals surface area contributed by atoms with E-state index in [2.05, 4.69) is 10.3 Å². The molecule has 1 aliphatic carbocycles. The molecular formula is C12H16N2O2. The highest BCUT2D eigenvalue weighted by molar-refractivity contribution is 5.94. The van der Waals surface area contributed by atoms with Crippen LogP contribution < -0.4 is 5.32 Å². The second-order valence-electron chi connectivity index (χ2n) is 4.65. The van der Waals surface area contributed by atoms with Gasteiger partial charge in [0.05, 0.1) is 5.69 Å². The Labute approximate surface area is 94.4 Å². The molecule has 2 heterocycles. The molecule has 1 atom stereocenters. The zero-order chi connectivity index (χ0) is 11.0. The van der Waals surface area contributed by atoms with Crippen LogP contribution in [-0.4, -0.2) is 23.9 Å². The smallest absolute Gasteiger partial charge is 0.263 e. The van der Waals surface area contributed by atoms with Crippen molar-refractivity contribution < 1.29 is 9.21 Å². The van der Waals surface area contributed by atoms with Gasteiger partial charge in [-0.1, -0.05) is 0 Å². The number of nitrogens with one attached hydrogen (secondary N) is 1. The lowest BCUT2D eigenvalue weighted by Crippen LogP contribution is -2.34. The lowest BCUT2D eigenvalue weighted by atomic mass is 9.95. The summed E-state index contributed by atoms with van der Waals surface area (Å²) in [5.41, 5.74) is 1.01. The van der Waals surface area contributed by atoms with E-state index in [4.69, 9.17) is 4.42 Å². The number of hydrogen-bond donors (Lipinski definition) is 1. The van der Waals surface area contributed by atoms with E-state index in [1.165, 1.54) is 0 Å². The largest absolute Gasteiger partial charge is 0.439 e. The van der Waals surface area contributed by atoms with Gasteiger partial charge in [-0.2, -0.15) is 0 Å². The lowest BCUT2D eigenvalue weighted by molar-refractivity contribution is 0.0861. The standard InChI is InChI=1S/C12H16N2O2/c15-11(8-3-2-6-13-7-8)12-14-9-4-1-5-10(9)16-12/h8,13H,1-7H2. The van der Waals surface area contributed by atoms with Crippen LogP contribution in [-0.2, 0) is 12.8 Å². The molecule has 1 saturated heterocycles. The molecular weight excluding hydrogens is 204 g/mol. The predicted octanol–water partition coefficient (Wildman–Crippen LogP) is 1.35. The summed E-state index contributed by atoms with van der Waals surface area (Å²) in [4.78, 5) is 16.4. The van der Waals surface area contributed by atoms with Crippen molar-refractivity contribution in [3.05, 3.63) is 17.3 Å². The van der Waals surface area contributed by atoms with Crippen molar-refractivity contribution in [3.8, 4) is 0 Å². The number of nitrogens with zero attached hydrogens (tertiary/aromatic N) is 1. The van der Waals surface area contributed by atoms with Crippen LogP contribution in [0.1, 0.15) is 41.4 Å². The Bertz CT molecular complexity index is 384. The summed E-state index contributed by atoms with van der Waals surface area (Å²) in [5, 5.41) is 3.24. The second kappa shape index (κ2) is 4.01. The third-order valence-electron chi connectivity index (χ3n) is 3.47. The molecule has 3 rings (SSSR count). The van der Waals surface area contributed by atoms with Gasteiger partial charge in [0.2, 0.25) is 5.78 Å². The number of carbonyl (C=O) groups is 1. The fraction of sp³-hybridized carbons (Fsp3) is 0.667. The molecule has 1 fully saturated rings. The van der Waals surface area contributed by atoms with Gasteiger partial charge in [0.25, 0.3) is 5.89 Å². The van der Waals surface area contributed by atoms with Gasteiger partial charge >= 0.3 is 0 Å². The number of oxazole rings is 1. The van der Waals surface area contributed by atoms with Gasteiger partial charge < -0.3 is 9.73 Å². The number of piperidine rings is 1. The average molecular weight is 220 g/mol. The number of Topliss-reactive ketones (excluding diaryl/α,β-unsaturated/α-hetero) is 1. The summed E-state index contributed by atoms with van der Waals surface area (Å²) in [5.74, 6) is 1.43. The van der Waals surface area contributed by atoms with Crippen LogP contribution in [0.25, 0.3) is 0 Å². The maximum Gasteiger partial charge on any atom is 0.263 e. The van der Waals surface area contributed by atoms with Crippen molar-refractivity contribution in [2.75, 3.05) is 13.1 Å². The molecule has 0 aromatic carbocycles. The minimum Gasteiger partial charge on any atom is -0.439 e.